The van der Waals surface area contributed by atoms with Gasteiger partial charge >= 0.3 is 5.97 Å². The standard InChI is InChI=1S/C18H18O4/c1-21-16-10-8-14(9-11-16)12-18(13-19,17(20)22-2)15-6-4-3-5-7-15/h3-11,13H,12H2,1-2H3/t18-/m0/s1. The molecule has 2 aromatic rings. The van der Waals surface area contributed by atoms with E-state index >= 15 is 0 Å². The Bertz CT molecular complexity index is 634. The van der Waals surface area contributed by atoms with Gasteiger partial charge in [0.25, 0.3) is 0 Å². The van der Waals surface area contributed by atoms with E-state index in [2.05, 4.69) is 0 Å². The number of esters is 1. The van der Waals surface area contributed by atoms with Gasteiger partial charge in [-0.15, -0.1) is 0 Å². The molecule has 0 aliphatic carbocycles. The second-order valence-electron chi connectivity index (χ2n) is 4.97. The highest BCUT2D eigenvalue weighted by Gasteiger charge is 2.41. The molecule has 2 aromatic carbocycles. The van der Waals surface area contributed by atoms with E-state index in [0.29, 0.717) is 11.8 Å². The normalized spacial score (nSPS) is 13.0. The molecule has 0 amide bonds. The second-order valence-corrected chi connectivity index (χ2v) is 4.97. The first-order valence-corrected chi connectivity index (χ1v) is 6.89. The molecule has 2 rings (SSSR count). The van der Waals surface area contributed by atoms with Crippen LogP contribution in [0.2, 0.25) is 0 Å². The molecule has 0 bridgehead atoms. The lowest BCUT2D eigenvalue weighted by Crippen LogP contribution is -2.40. The number of aldehydes is 1. The van der Waals surface area contributed by atoms with Crippen LogP contribution in [0, 0.1) is 0 Å². The Morgan fingerprint density at radius 2 is 1.68 bits per heavy atom. The largest absolute Gasteiger partial charge is 0.497 e. The van der Waals surface area contributed by atoms with E-state index in [4.69, 9.17) is 9.47 Å². The van der Waals surface area contributed by atoms with E-state index < -0.39 is 11.4 Å². The van der Waals surface area contributed by atoms with E-state index in [0.717, 1.165) is 11.3 Å². The van der Waals surface area contributed by atoms with Gasteiger partial charge in [-0.3, -0.25) is 4.79 Å². The number of benzene rings is 2. The van der Waals surface area contributed by atoms with Crippen LogP contribution in [-0.2, 0) is 26.2 Å². The highest BCUT2D eigenvalue weighted by atomic mass is 16.5. The van der Waals surface area contributed by atoms with Crippen molar-refractivity contribution in [3.05, 3.63) is 65.7 Å². The fourth-order valence-electron chi connectivity index (χ4n) is 2.43. The molecular formula is C18H18O4. The lowest BCUT2D eigenvalue weighted by Gasteiger charge is -2.25. The van der Waals surface area contributed by atoms with Gasteiger partial charge in [0, 0.05) is 0 Å². The van der Waals surface area contributed by atoms with Crippen molar-refractivity contribution < 1.29 is 19.1 Å². The highest BCUT2D eigenvalue weighted by molar-refractivity contribution is 6.00. The van der Waals surface area contributed by atoms with Crippen molar-refractivity contribution in [3.63, 3.8) is 0 Å². The Balaban J connectivity index is 2.44. The summed E-state index contributed by atoms with van der Waals surface area (Å²) in [6.07, 6.45) is 0.898. The molecule has 0 saturated carbocycles. The Morgan fingerprint density at radius 1 is 1.05 bits per heavy atom. The first-order valence-electron chi connectivity index (χ1n) is 6.89. The Hall–Kier alpha value is -2.62. The minimum atomic E-state index is -1.34. The molecule has 0 aliphatic rings. The summed E-state index contributed by atoms with van der Waals surface area (Å²) >= 11 is 0. The molecule has 114 valence electrons. The SMILES string of the molecule is COC(=O)[C@](C=O)(Cc1ccc(OC)cc1)c1ccccc1. The average Bonchev–Trinajstić information content (AvgIpc) is 2.60. The number of carbonyl (C=O) groups excluding carboxylic acids is 2. The highest BCUT2D eigenvalue weighted by Crippen LogP contribution is 2.29. The molecule has 0 spiro atoms. The van der Waals surface area contributed by atoms with E-state index in [-0.39, 0.29) is 6.42 Å². The van der Waals surface area contributed by atoms with Gasteiger partial charge in [-0.05, 0) is 29.7 Å². The van der Waals surface area contributed by atoms with Crippen LogP contribution in [-0.4, -0.2) is 26.5 Å². The molecule has 0 fully saturated rings. The molecule has 0 aromatic heterocycles. The Kier molecular flexibility index (Phi) is 4.94. The van der Waals surface area contributed by atoms with Gasteiger partial charge in [0.15, 0.2) is 5.41 Å². The molecule has 0 unspecified atom stereocenters. The monoisotopic (exact) mass is 298 g/mol. The van der Waals surface area contributed by atoms with Crippen molar-refractivity contribution in [2.75, 3.05) is 14.2 Å². The fraction of sp³-hybridized carbons (Fsp3) is 0.222. The number of rotatable bonds is 6. The van der Waals surface area contributed by atoms with E-state index in [1.165, 1.54) is 7.11 Å². The van der Waals surface area contributed by atoms with Crippen molar-refractivity contribution in [1.29, 1.82) is 0 Å². The van der Waals surface area contributed by atoms with Crippen molar-refractivity contribution >= 4 is 12.3 Å². The van der Waals surface area contributed by atoms with Crippen molar-refractivity contribution in [2.45, 2.75) is 11.8 Å². The number of ether oxygens (including phenoxy) is 2. The molecule has 0 saturated heterocycles. The maximum absolute atomic E-state index is 12.3. The number of hydrogen-bond donors (Lipinski definition) is 0. The zero-order valence-electron chi connectivity index (χ0n) is 12.6. The fourth-order valence-corrected chi connectivity index (χ4v) is 2.43. The summed E-state index contributed by atoms with van der Waals surface area (Å²) in [5, 5.41) is 0. The lowest BCUT2D eigenvalue weighted by atomic mass is 9.76. The minimum absolute atomic E-state index is 0.233. The predicted molar refractivity (Wildman–Crippen MR) is 82.9 cm³/mol. The number of hydrogen-bond acceptors (Lipinski definition) is 4. The smallest absolute Gasteiger partial charge is 0.323 e. The molecular weight excluding hydrogens is 280 g/mol. The van der Waals surface area contributed by atoms with Crippen LogP contribution in [0.1, 0.15) is 11.1 Å². The van der Waals surface area contributed by atoms with Gasteiger partial charge in [-0.2, -0.15) is 0 Å². The second kappa shape index (κ2) is 6.89. The first-order chi connectivity index (χ1) is 10.7. The first kappa shape index (κ1) is 15.8. The van der Waals surface area contributed by atoms with E-state index in [1.807, 2.05) is 18.2 Å². The van der Waals surface area contributed by atoms with Gasteiger partial charge in [0.2, 0.25) is 0 Å². The number of carbonyl (C=O) groups is 2. The molecule has 4 heteroatoms. The molecule has 0 heterocycles. The Labute approximate surface area is 129 Å². The van der Waals surface area contributed by atoms with Gasteiger partial charge < -0.3 is 14.3 Å². The van der Waals surface area contributed by atoms with Crippen LogP contribution in [0.3, 0.4) is 0 Å². The average molecular weight is 298 g/mol. The van der Waals surface area contributed by atoms with Gasteiger partial charge in [-0.25, -0.2) is 0 Å². The van der Waals surface area contributed by atoms with Crippen LogP contribution >= 0.6 is 0 Å². The van der Waals surface area contributed by atoms with Gasteiger partial charge in [-0.1, -0.05) is 42.5 Å². The predicted octanol–water partition coefficient (Wildman–Crippen LogP) is 2.55. The van der Waals surface area contributed by atoms with Crippen molar-refractivity contribution in [3.8, 4) is 5.75 Å². The lowest BCUT2D eigenvalue weighted by molar-refractivity contribution is -0.149. The van der Waals surface area contributed by atoms with Gasteiger partial charge in [0.05, 0.1) is 14.2 Å². The Morgan fingerprint density at radius 3 is 2.18 bits per heavy atom. The third kappa shape index (κ3) is 3.01. The molecule has 0 aliphatic heterocycles. The number of methoxy groups -OCH3 is 2. The maximum Gasteiger partial charge on any atom is 0.323 e. The van der Waals surface area contributed by atoms with Crippen LogP contribution in [0.5, 0.6) is 5.75 Å². The quantitative estimate of drug-likeness (QED) is 0.467. The molecule has 22 heavy (non-hydrogen) atoms. The third-order valence-corrected chi connectivity index (χ3v) is 3.68. The molecule has 1 atom stereocenters. The summed E-state index contributed by atoms with van der Waals surface area (Å²) in [5.41, 5.74) is 0.125. The van der Waals surface area contributed by atoms with Crippen molar-refractivity contribution in [2.24, 2.45) is 0 Å². The summed E-state index contributed by atoms with van der Waals surface area (Å²) in [4.78, 5) is 24.1. The van der Waals surface area contributed by atoms with E-state index in [9.17, 15) is 9.59 Å². The summed E-state index contributed by atoms with van der Waals surface area (Å²) in [6, 6.07) is 16.2. The van der Waals surface area contributed by atoms with Crippen LogP contribution in [0.4, 0.5) is 0 Å². The zero-order valence-corrected chi connectivity index (χ0v) is 12.6. The maximum atomic E-state index is 12.3. The molecule has 4 nitrogen and oxygen atoms in total. The topological polar surface area (TPSA) is 52.6 Å². The van der Waals surface area contributed by atoms with E-state index in [1.54, 1.807) is 43.5 Å². The molecule has 0 radical (unpaired) electrons. The van der Waals surface area contributed by atoms with Gasteiger partial charge in [0.1, 0.15) is 12.0 Å². The zero-order chi connectivity index (χ0) is 16.0. The summed E-state index contributed by atoms with van der Waals surface area (Å²) in [6.45, 7) is 0. The summed E-state index contributed by atoms with van der Waals surface area (Å²) in [7, 11) is 2.88. The third-order valence-electron chi connectivity index (χ3n) is 3.68. The minimum Gasteiger partial charge on any atom is -0.497 e. The molecule has 0 N–H and O–H groups in total. The summed E-state index contributed by atoms with van der Waals surface area (Å²) < 4.78 is 10.0. The summed E-state index contributed by atoms with van der Waals surface area (Å²) in [5.74, 6) is 0.155. The van der Waals surface area contributed by atoms with Crippen molar-refractivity contribution in [1.82, 2.24) is 0 Å². The van der Waals surface area contributed by atoms with Crippen LogP contribution in [0.25, 0.3) is 0 Å². The van der Waals surface area contributed by atoms with Crippen LogP contribution < -0.4 is 4.74 Å². The van der Waals surface area contributed by atoms with Crippen LogP contribution in [0.15, 0.2) is 54.6 Å².